The summed E-state index contributed by atoms with van der Waals surface area (Å²) in [6, 6.07) is 28.7. The van der Waals surface area contributed by atoms with Gasteiger partial charge in [-0.2, -0.15) is 30.3 Å². The molecule has 86 valence electrons. The predicted molar refractivity (Wildman–Crippen MR) is 69.5 cm³/mol. The average Bonchev–Trinajstić information content (AvgIpc) is 3.07. The van der Waals surface area contributed by atoms with Crippen molar-refractivity contribution in [2.24, 2.45) is 0 Å². The maximum Gasteiger partial charge on any atom is 2.00 e. The second-order valence-electron chi connectivity index (χ2n) is 3.50. The third-order valence-corrected chi connectivity index (χ3v) is 2.33. The molecule has 3 aromatic rings. The summed E-state index contributed by atoms with van der Waals surface area (Å²) >= 11 is 0. The Labute approximate surface area is 115 Å². The maximum atomic E-state index is 2.12. The second kappa shape index (κ2) is 7.76. The van der Waals surface area contributed by atoms with E-state index < -0.39 is 0 Å². The van der Waals surface area contributed by atoms with E-state index in [0.29, 0.717) is 0 Å². The smallest absolute Gasteiger partial charge is 0.214 e. The molecule has 0 saturated carbocycles. The Morgan fingerprint density at radius 2 is 1.29 bits per heavy atom. The first-order chi connectivity index (χ1) is 7.97. The Kier molecular flexibility index (Phi) is 6.21. The van der Waals surface area contributed by atoms with E-state index in [4.69, 9.17) is 0 Å². The molecule has 0 aliphatic heterocycles. The van der Waals surface area contributed by atoms with Crippen molar-refractivity contribution in [2.45, 2.75) is 0 Å². The number of hydrogen-bond acceptors (Lipinski definition) is 0. The molecule has 3 rings (SSSR count). The summed E-state index contributed by atoms with van der Waals surface area (Å²) in [6.45, 7) is 0. The van der Waals surface area contributed by atoms with Crippen LogP contribution in [-0.2, 0) is 19.5 Å². The van der Waals surface area contributed by atoms with Crippen molar-refractivity contribution in [3.63, 3.8) is 0 Å². The van der Waals surface area contributed by atoms with Gasteiger partial charge >= 0.3 is 19.5 Å². The third-order valence-electron chi connectivity index (χ3n) is 2.33. The van der Waals surface area contributed by atoms with Gasteiger partial charge in [0.25, 0.3) is 0 Å². The molecule has 0 amide bonds. The molecule has 0 saturated heterocycles. The van der Waals surface area contributed by atoms with Crippen LogP contribution < -0.4 is 0 Å². The molecular formula is C16H14Ru. The van der Waals surface area contributed by atoms with E-state index >= 15 is 0 Å². The SMILES string of the molecule is [Ru+2].c1cc[cH-]c1.c1ccc(-[c-]2cccc2)cc1. The van der Waals surface area contributed by atoms with Crippen LogP contribution >= 0.6 is 0 Å². The zero-order valence-corrected chi connectivity index (χ0v) is 11.2. The fourth-order valence-corrected chi connectivity index (χ4v) is 1.52. The molecular weight excluding hydrogens is 293 g/mol. The van der Waals surface area contributed by atoms with Gasteiger partial charge in [-0.15, -0.1) is 29.8 Å². The zero-order chi connectivity index (χ0) is 11.1. The molecule has 0 bridgehead atoms. The summed E-state index contributed by atoms with van der Waals surface area (Å²) in [5.74, 6) is 0. The average molecular weight is 307 g/mol. The Morgan fingerprint density at radius 3 is 1.76 bits per heavy atom. The van der Waals surface area contributed by atoms with Crippen LogP contribution in [0.1, 0.15) is 0 Å². The van der Waals surface area contributed by atoms with Crippen molar-refractivity contribution in [1.29, 1.82) is 0 Å². The van der Waals surface area contributed by atoms with Crippen molar-refractivity contribution in [3.8, 4) is 11.1 Å². The van der Waals surface area contributed by atoms with Gasteiger partial charge in [-0.1, -0.05) is 23.8 Å². The fraction of sp³-hybridized carbons (Fsp3) is 0. The van der Waals surface area contributed by atoms with Crippen LogP contribution in [0, 0.1) is 0 Å². The Balaban J connectivity index is 0.000000205. The number of hydrogen-bond donors (Lipinski definition) is 0. The number of rotatable bonds is 1. The van der Waals surface area contributed by atoms with Gasteiger partial charge in [0.15, 0.2) is 0 Å². The van der Waals surface area contributed by atoms with Crippen molar-refractivity contribution in [1.82, 2.24) is 0 Å². The molecule has 0 radical (unpaired) electrons. The maximum absolute atomic E-state index is 2.12. The van der Waals surface area contributed by atoms with E-state index in [9.17, 15) is 0 Å². The first-order valence-corrected chi connectivity index (χ1v) is 5.40. The van der Waals surface area contributed by atoms with Crippen LogP contribution in [0.2, 0.25) is 0 Å². The van der Waals surface area contributed by atoms with Crippen LogP contribution in [0.25, 0.3) is 11.1 Å². The molecule has 0 spiro atoms. The van der Waals surface area contributed by atoms with E-state index in [2.05, 4.69) is 48.5 Å². The van der Waals surface area contributed by atoms with Crippen LogP contribution in [0.4, 0.5) is 0 Å². The molecule has 0 unspecified atom stereocenters. The molecule has 0 fully saturated rings. The molecule has 1 heteroatoms. The zero-order valence-electron chi connectivity index (χ0n) is 9.44. The molecule has 0 nitrogen and oxygen atoms in total. The van der Waals surface area contributed by atoms with E-state index in [1.165, 1.54) is 11.1 Å². The fourth-order valence-electron chi connectivity index (χ4n) is 1.52. The van der Waals surface area contributed by atoms with Crippen LogP contribution in [0.5, 0.6) is 0 Å². The Hall–Kier alpha value is -1.46. The summed E-state index contributed by atoms with van der Waals surface area (Å²) < 4.78 is 0. The minimum atomic E-state index is 0. The Morgan fingerprint density at radius 1 is 0.706 bits per heavy atom. The van der Waals surface area contributed by atoms with E-state index in [1.54, 1.807) is 0 Å². The van der Waals surface area contributed by atoms with Gasteiger partial charge in [-0.25, -0.2) is 12.1 Å². The predicted octanol–water partition coefficient (Wildman–Crippen LogP) is 4.48. The van der Waals surface area contributed by atoms with Crippen LogP contribution in [-0.4, -0.2) is 0 Å². The summed E-state index contributed by atoms with van der Waals surface area (Å²) in [4.78, 5) is 0. The second-order valence-corrected chi connectivity index (χ2v) is 3.50. The van der Waals surface area contributed by atoms with Gasteiger partial charge < -0.3 is 0 Å². The summed E-state index contributed by atoms with van der Waals surface area (Å²) in [6.07, 6.45) is 0. The quantitative estimate of drug-likeness (QED) is 0.459. The monoisotopic (exact) mass is 308 g/mol. The largest absolute Gasteiger partial charge is 2.00 e. The normalized spacial score (nSPS) is 8.71. The minimum absolute atomic E-state index is 0. The van der Waals surface area contributed by atoms with Gasteiger partial charge in [0, 0.05) is 0 Å². The van der Waals surface area contributed by atoms with Gasteiger partial charge in [0.05, 0.1) is 0 Å². The van der Waals surface area contributed by atoms with E-state index in [0.717, 1.165) is 0 Å². The van der Waals surface area contributed by atoms with Crippen molar-refractivity contribution in [2.75, 3.05) is 0 Å². The first kappa shape index (κ1) is 13.6. The molecule has 0 aliphatic rings. The van der Waals surface area contributed by atoms with Crippen LogP contribution in [0.3, 0.4) is 0 Å². The van der Waals surface area contributed by atoms with Gasteiger partial charge in [0.1, 0.15) is 0 Å². The summed E-state index contributed by atoms with van der Waals surface area (Å²) in [7, 11) is 0. The standard InChI is InChI=1S/C11H9.C5H5.Ru/c1-2-6-10(7-3-1)11-8-4-5-9-11;1-2-4-5-3-1;/h1-9H;1-5H;/q2*-1;+2. The minimum Gasteiger partial charge on any atom is -0.214 e. The summed E-state index contributed by atoms with van der Waals surface area (Å²) in [5.41, 5.74) is 2.59. The molecule has 0 heterocycles. The van der Waals surface area contributed by atoms with Gasteiger partial charge in [-0.05, 0) is 0 Å². The number of benzene rings is 1. The topological polar surface area (TPSA) is 0 Å². The summed E-state index contributed by atoms with van der Waals surface area (Å²) in [5, 5.41) is 0. The molecule has 0 aliphatic carbocycles. The molecule has 0 atom stereocenters. The third kappa shape index (κ3) is 4.50. The molecule has 17 heavy (non-hydrogen) atoms. The molecule has 0 aromatic heterocycles. The molecule has 0 N–H and O–H groups in total. The van der Waals surface area contributed by atoms with E-state index in [-0.39, 0.29) is 19.5 Å². The van der Waals surface area contributed by atoms with Crippen LogP contribution in [0.15, 0.2) is 84.9 Å². The van der Waals surface area contributed by atoms with Crippen molar-refractivity contribution >= 4 is 0 Å². The van der Waals surface area contributed by atoms with E-state index in [1.807, 2.05) is 36.4 Å². The Bertz CT molecular complexity index is 446. The van der Waals surface area contributed by atoms with Crippen molar-refractivity contribution < 1.29 is 19.5 Å². The first-order valence-electron chi connectivity index (χ1n) is 5.40. The van der Waals surface area contributed by atoms with Gasteiger partial charge in [-0.3, -0.25) is 0 Å². The van der Waals surface area contributed by atoms with Gasteiger partial charge in [0.2, 0.25) is 0 Å². The van der Waals surface area contributed by atoms with Crippen molar-refractivity contribution in [3.05, 3.63) is 84.9 Å². The molecule has 3 aromatic carbocycles.